The maximum atomic E-state index is 13.9. The Morgan fingerprint density at radius 2 is 1.64 bits per heavy atom. The summed E-state index contributed by atoms with van der Waals surface area (Å²) in [6, 6.07) is 24.0. The molecule has 0 radical (unpaired) electrons. The molecule has 0 aliphatic heterocycles. The van der Waals surface area contributed by atoms with Crippen LogP contribution >= 0.6 is 0 Å². The van der Waals surface area contributed by atoms with Crippen LogP contribution in [0.5, 0.6) is 17.4 Å². The third kappa shape index (κ3) is 4.21. The summed E-state index contributed by atoms with van der Waals surface area (Å²) in [6.07, 6.45) is -1.45. The van der Waals surface area contributed by atoms with Gasteiger partial charge in [-0.15, -0.1) is 10.2 Å². The molecule has 0 bridgehead atoms. The molecule has 0 aliphatic rings. The Bertz CT molecular complexity index is 1640. The van der Waals surface area contributed by atoms with E-state index in [-0.39, 0.29) is 28.8 Å². The number of aromatic nitrogens is 1. The molecule has 1 aromatic heterocycles. The van der Waals surface area contributed by atoms with Crippen LogP contribution in [0.1, 0.15) is 0 Å². The largest absolute Gasteiger partial charge is 0.511 e. The number of rotatable bonds is 5. The molecule has 178 valence electrons. The topological polar surface area (TPSA) is 117 Å². The molecule has 0 fully saturated rings. The van der Waals surface area contributed by atoms with Crippen molar-refractivity contribution in [2.24, 2.45) is 10.2 Å². The SMILES string of the molecule is O=C(O)Oc1cccc(-c2cccc(N=Nc3c(O)n(-c4cccc(F)c4)c4ccccc34)c2O)c1. The van der Waals surface area contributed by atoms with Crippen molar-refractivity contribution in [3.8, 4) is 34.2 Å². The molecule has 1 heterocycles. The van der Waals surface area contributed by atoms with Crippen LogP contribution in [0.2, 0.25) is 0 Å². The van der Waals surface area contributed by atoms with Gasteiger partial charge in [-0.2, -0.15) is 0 Å². The zero-order valence-electron chi connectivity index (χ0n) is 18.5. The second-order valence-electron chi connectivity index (χ2n) is 7.77. The average Bonchev–Trinajstić information content (AvgIpc) is 3.14. The van der Waals surface area contributed by atoms with Crippen LogP contribution in [0.3, 0.4) is 0 Å². The molecule has 36 heavy (non-hydrogen) atoms. The summed E-state index contributed by atoms with van der Waals surface area (Å²) < 4.78 is 20.0. The molecule has 5 aromatic rings. The number of para-hydroxylation sites is 2. The molecule has 0 unspecified atom stereocenters. The van der Waals surface area contributed by atoms with E-state index in [2.05, 4.69) is 10.2 Å². The van der Waals surface area contributed by atoms with E-state index in [0.717, 1.165) is 0 Å². The van der Waals surface area contributed by atoms with Crippen molar-refractivity contribution in [3.05, 3.63) is 96.8 Å². The summed E-state index contributed by atoms with van der Waals surface area (Å²) in [5.41, 5.74) is 2.18. The number of nitrogens with zero attached hydrogens (tertiary/aromatic N) is 3. The summed E-state index contributed by atoms with van der Waals surface area (Å²) in [7, 11) is 0. The highest BCUT2D eigenvalue weighted by molar-refractivity contribution is 5.96. The zero-order chi connectivity index (χ0) is 25.2. The van der Waals surface area contributed by atoms with Gasteiger partial charge < -0.3 is 20.1 Å². The van der Waals surface area contributed by atoms with Gasteiger partial charge >= 0.3 is 6.16 Å². The van der Waals surface area contributed by atoms with Crippen LogP contribution in [0, 0.1) is 5.82 Å². The van der Waals surface area contributed by atoms with Crippen LogP contribution in [-0.4, -0.2) is 26.0 Å². The van der Waals surface area contributed by atoms with Gasteiger partial charge in [-0.25, -0.2) is 9.18 Å². The lowest BCUT2D eigenvalue weighted by Gasteiger charge is -2.08. The first-order valence-corrected chi connectivity index (χ1v) is 10.8. The number of carbonyl (C=O) groups is 1. The van der Waals surface area contributed by atoms with E-state index >= 15 is 0 Å². The highest BCUT2D eigenvalue weighted by atomic mass is 19.1. The smallest absolute Gasteiger partial charge is 0.505 e. The van der Waals surface area contributed by atoms with Crippen molar-refractivity contribution in [1.29, 1.82) is 0 Å². The molecule has 9 heteroatoms. The molecule has 8 nitrogen and oxygen atoms in total. The van der Waals surface area contributed by atoms with Gasteiger partial charge in [0.2, 0.25) is 5.88 Å². The Morgan fingerprint density at radius 3 is 2.44 bits per heavy atom. The van der Waals surface area contributed by atoms with Crippen molar-refractivity contribution in [2.45, 2.75) is 0 Å². The lowest BCUT2D eigenvalue weighted by Crippen LogP contribution is -2.02. The molecule has 0 saturated carbocycles. The number of phenolic OH excluding ortho intramolecular Hbond substituents is 1. The van der Waals surface area contributed by atoms with Gasteiger partial charge in [0.1, 0.15) is 17.3 Å². The Morgan fingerprint density at radius 1 is 0.861 bits per heavy atom. The van der Waals surface area contributed by atoms with Crippen LogP contribution in [0.25, 0.3) is 27.7 Å². The number of carboxylic acid groups (broad SMARTS) is 1. The minimum atomic E-state index is -1.45. The van der Waals surface area contributed by atoms with Gasteiger partial charge in [-0.1, -0.05) is 48.5 Å². The second-order valence-corrected chi connectivity index (χ2v) is 7.77. The number of benzene rings is 4. The first kappa shape index (κ1) is 22.6. The zero-order valence-corrected chi connectivity index (χ0v) is 18.5. The van der Waals surface area contributed by atoms with E-state index in [1.54, 1.807) is 66.7 Å². The first-order chi connectivity index (χ1) is 17.4. The van der Waals surface area contributed by atoms with E-state index in [1.807, 2.05) is 0 Å². The predicted molar refractivity (Wildman–Crippen MR) is 131 cm³/mol. The summed E-state index contributed by atoms with van der Waals surface area (Å²) >= 11 is 0. The minimum Gasteiger partial charge on any atom is -0.505 e. The fourth-order valence-electron chi connectivity index (χ4n) is 3.96. The van der Waals surface area contributed by atoms with Crippen molar-refractivity contribution in [2.75, 3.05) is 0 Å². The molecular weight excluding hydrogens is 465 g/mol. The standard InChI is InChI=1S/C27H18FN3O5/c28-17-7-4-8-18(15-17)31-23-13-2-1-10-21(23)24(26(31)33)30-29-22-12-5-11-20(25(22)32)16-6-3-9-19(14-16)36-27(34)35/h1-15,32-33H,(H,34,35). The molecule has 0 spiro atoms. The monoisotopic (exact) mass is 483 g/mol. The van der Waals surface area contributed by atoms with Gasteiger partial charge in [-0.3, -0.25) is 4.57 Å². The van der Waals surface area contributed by atoms with Crippen molar-refractivity contribution < 1.29 is 29.2 Å². The molecule has 4 aromatic carbocycles. The fraction of sp³-hybridized carbons (Fsp3) is 0. The summed E-state index contributed by atoms with van der Waals surface area (Å²) in [6.45, 7) is 0. The Balaban J connectivity index is 1.57. The van der Waals surface area contributed by atoms with Crippen molar-refractivity contribution in [3.63, 3.8) is 0 Å². The molecule has 0 atom stereocenters. The number of hydrogen-bond acceptors (Lipinski definition) is 6. The van der Waals surface area contributed by atoms with Crippen LogP contribution < -0.4 is 4.74 Å². The average molecular weight is 483 g/mol. The lowest BCUT2D eigenvalue weighted by molar-refractivity contribution is 0.144. The highest BCUT2D eigenvalue weighted by Gasteiger charge is 2.18. The first-order valence-electron chi connectivity index (χ1n) is 10.8. The number of phenols is 1. The predicted octanol–water partition coefficient (Wildman–Crippen LogP) is 7.32. The molecule has 3 N–H and O–H groups in total. The lowest BCUT2D eigenvalue weighted by atomic mass is 10.0. The third-order valence-electron chi connectivity index (χ3n) is 5.51. The Kier molecular flexibility index (Phi) is 5.79. The third-order valence-corrected chi connectivity index (χ3v) is 5.51. The van der Waals surface area contributed by atoms with Crippen LogP contribution in [0.4, 0.5) is 20.6 Å². The highest BCUT2D eigenvalue weighted by Crippen LogP contribution is 2.43. The quantitative estimate of drug-likeness (QED) is 0.138. The number of ether oxygens (including phenoxy) is 1. The second kappa shape index (κ2) is 9.22. The van der Waals surface area contributed by atoms with Gasteiger partial charge in [0, 0.05) is 10.9 Å². The number of aromatic hydroxyl groups is 2. The van der Waals surface area contributed by atoms with E-state index < -0.39 is 12.0 Å². The van der Waals surface area contributed by atoms with Crippen LogP contribution in [-0.2, 0) is 0 Å². The maximum Gasteiger partial charge on any atom is 0.511 e. The molecule has 0 amide bonds. The number of fused-ring (bicyclic) bond motifs is 1. The number of azo groups is 1. The van der Waals surface area contributed by atoms with E-state index in [4.69, 9.17) is 9.84 Å². The maximum absolute atomic E-state index is 13.9. The van der Waals surface area contributed by atoms with E-state index in [9.17, 15) is 19.4 Å². The summed E-state index contributed by atoms with van der Waals surface area (Å²) in [5.74, 6) is -0.782. The molecule has 5 rings (SSSR count). The van der Waals surface area contributed by atoms with Gasteiger partial charge in [0.25, 0.3) is 0 Å². The fourth-order valence-corrected chi connectivity index (χ4v) is 3.96. The molecule has 0 aliphatic carbocycles. The number of halogens is 1. The van der Waals surface area contributed by atoms with Crippen LogP contribution in [0.15, 0.2) is 101 Å². The van der Waals surface area contributed by atoms with Gasteiger partial charge in [0.05, 0.1) is 11.2 Å². The minimum absolute atomic E-state index is 0.0986. The van der Waals surface area contributed by atoms with Gasteiger partial charge in [0.15, 0.2) is 11.4 Å². The van der Waals surface area contributed by atoms with E-state index in [1.165, 1.54) is 28.8 Å². The Hall–Kier alpha value is -5.18. The molecular formula is C27H18FN3O5. The number of hydrogen-bond donors (Lipinski definition) is 3. The summed E-state index contributed by atoms with van der Waals surface area (Å²) in [5, 5.41) is 39.7. The van der Waals surface area contributed by atoms with E-state index in [0.29, 0.717) is 27.7 Å². The Labute approximate surface area is 203 Å². The van der Waals surface area contributed by atoms with Crippen molar-refractivity contribution in [1.82, 2.24) is 4.57 Å². The normalized spacial score (nSPS) is 11.2. The molecule has 0 saturated heterocycles. The van der Waals surface area contributed by atoms with Crippen molar-refractivity contribution >= 4 is 28.4 Å². The van der Waals surface area contributed by atoms with Gasteiger partial charge in [-0.05, 0) is 48.0 Å². The summed E-state index contributed by atoms with van der Waals surface area (Å²) in [4.78, 5) is 10.8.